The fourth-order valence-corrected chi connectivity index (χ4v) is 2.58. The van der Waals surface area contributed by atoms with Crippen LogP contribution in [-0.2, 0) is 4.74 Å². The highest BCUT2D eigenvalue weighted by molar-refractivity contribution is 5.27. The van der Waals surface area contributed by atoms with E-state index in [1.165, 1.54) is 18.4 Å². The van der Waals surface area contributed by atoms with Gasteiger partial charge in [-0.2, -0.15) is 0 Å². The third-order valence-corrected chi connectivity index (χ3v) is 3.74. The van der Waals surface area contributed by atoms with Gasteiger partial charge in [0.05, 0.1) is 18.8 Å². The fourth-order valence-electron chi connectivity index (χ4n) is 2.58. The van der Waals surface area contributed by atoms with E-state index in [0.29, 0.717) is 32.4 Å². The molecule has 1 aromatic rings. The topological polar surface area (TPSA) is 50.7 Å². The van der Waals surface area contributed by atoms with Crippen LogP contribution in [0, 0.1) is 6.92 Å². The van der Waals surface area contributed by atoms with Gasteiger partial charge in [-0.25, -0.2) is 0 Å². The Morgan fingerprint density at radius 2 is 2.14 bits per heavy atom. The molecule has 0 amide bonds. The average Bonchev–Trinajstić information content (AvgIpc) is 2.98. The molecule has 0 spiro atoms. The van der Waals surface area contributed by atoms with Crippen LogP contribution in [0.15, 0.2) is 24.3 Å². The lowest BCUT2D eigenvalue weighted by Gasteiger charge is -2.16. The molecule has 1 fully saturated rings. The first kappa shape index (κ1) is 16.3. The molecule has 4 nitrogen and oxygen atoms in total. The van der Waals surface area contributed by atoms with Crippen LogP contribution in [0.25, 0.3) is 0 Å². The predicted octanol–water partition coefficient (Wildman–Crippen LogP) is 2.28. The molecule has 1 aliphatic rings. The number of nitrogens with one attached hydrogen (secondary N) is 1. The molecule has 0 bridgehead atoms. The molecule has 1 aromatic carbocycles. The molecule has 0 aromatic heterocycles. The second-order valence-corrected chi connectivity index (χ2v) is 5.76. The van der Waals surface area contributed by atoms with Gasteiger partial charge in [-0.05, 0) is 37.5 Å². The molecule has 0 radical (unpaired) electrons. The Bertz CT molecular complexity index is 405. The third kappa shape index (κ3) is 6.46. The zero-order valence-corrected chi connectivity index (χ0v) is 12.9. The molecule has 0 aliphatic heterocycles. The van der Waals surface area contributed by atoms with E-state index in [-0.39, 0.29) is 0 Å². The standard InChI is InChI=1S/C17H27NO3/c1-14-5-4-8-17(11-14)20-10-9-18-12-15(19)13-21-16-6-2-3-7-16/h4-5,8,11,15-16,18-19H,2-3,6-7,9-10,12-13H2,1H3. The van der Waals surface area contributed by atoms with E-state index in [4.69, 9.17) is 9.47 Å². The summed E-state index contributed by atoms with van der Waals surface area (Å²) in [5, 5.41) is 13.0. The van der Waals surface area contributed by atoms with E-state index in [2.05, 4.69) is 5.32 Å². The molecule has 1 aliphatic carbocycles. The lowest BCUT2D eigenvalue weighted by Crippen LogP contribution is -2.33. The van der Waals surface area contributed by atoms with Crippen LogP contribution in [0.1, 0.15) is 31.2 Å². The van der Waals surface area contributed by atoms with E-state index >= 15 is 0 Å². The van der Waals surface area contributed by atoms with E-state index in [1.807, 2.05) is 31.2 Å². The maximum absolute atomic E-state index is 9.83. The molecule has 2 rings (SSSR count). The number of aliphatic hydroxyl groups is 1. The summed E-state index contributed by atoms with van der Waals surface area (Å²) in [7, 11) is 0. The van der Waals surface area contributed by atoms with Crippen molar-refractivity contribution in [2.75, 3.05) is 26.3 Å². The molecular weight excluding hydrogens is 266 g/mol. The van der Waals surface area contributed by atoms with E-state index in [9.17, 15) is 5.11 Å². The largest absolute Gasteiger partial charge is 0.492 e. The second-order valence-electron chi connectivity index (χ2n) is 5.76. The van der Waals surface area contributed by atoms with Crippen molar-refractivity contribution in [2.24, 2.45) is 0 Å². The van der Waals surface area contributed by atoms with Crippen molar-refractivity contribution < 1.29 is 14.6 Å². The van der Waals surface area contributed by atoms with E-state index < -0.39 is 6.10 Å². The molecule has 1 saturated carbocycles. The summed E-state index contributed by atoms with van der Waals surface area (Å²) in [4.78, 5) is 0. The second kappa shape index (κ2) is 9.03. The summed E-state index contributed by atoms with van der Waals surface area (Å²) in [5.41, 5.74) is 1.19. The van der Waals surface area contributed by atoms with Crippen molar-refractivity contribution in [3.63, 3.8) is 0 Å². The van der Waals surface area contributed by atoms with Gasteiger partial charge in [0.25, 0.3) is 0 Å². The summed E-state index contributed by atoms with van der Waals surface area (Å²) in [6, 6.07) is 8.01. The van der Waals surface area contributed by atoms with Crippen molar-refractivity contribution in [1.29, 1.82) is 0 Å². The monoisotopic (exact) mass is 293 g/mol. The first-order valence-electron chi connectivity index (χ1n) is 7.94. The van der Waals surface area contributed by atoms with Crippen LogP contribution in [0.5, 0.6) is 5.75 Å². The maximum Gasteiger partial charge on any atom is 0.119 e. The van der Waals surface area contributed by atoms with Crippen molar-refractivity contribution in [1.82, 2.24) is 5.32 Å². The highest BCUT2D eigenvalue weighted by Gasteiger charge is 2.16. The molecular formula is C17H27NO3. The molecule has 1 atom stereocenters. The summed E-state index contributed by atoms with van der Waals surface area (Å²) >= 11 is 0. The van der Waals surface area contributed by atoms with Gasteiger partial charge in [-0.3, -0.25) is 0 Å². The van der Waals surface area contributed by atoms with Crippen molar-refractivity contribution in [3.8, 4) is 5.75 Å². The van der Waals surface area contributed by atoms with Crippen LogP contribution in [-0.4, -0.2) is 43.6 Å². The Hall–Kier alpha value is -1.10. The summed E-state index contributed by atoms with van der Waals surface area (Å²) in [5.74, 6) is 0.891. The number of hydrogen-bond donors (Lipinski definition) is 2. The number of benzene rings is 1. The van der Waals surface area contributed by atoms with Crippen LogP contribution >= 0.6 is 0 Å². The Morgan fingerprint density at radius 3 is 2.90 bits per heavy atom. The zero-order valence-electron chi connectivity index (χ0n) is 12.9. The molecule has 4 heteroatoms. The first-order valence-corrected chi connectivity index (χ1v) is 7.94. The number of ether oxygens (including phenoxy) is 2. The van der Waals surface area contributed by atoms with E-state index in [1.54, 1.807) is 0 Å². The first-order chi connectivity index (χ1) is 10.2. The highest BCUT2D eigenvalue weighted by atomic mass is 16.5. The van der Waals surface area contributed by atoms with Gasteiger partial charge >= 0.3 is 0 Å². The molecule has 0 saturated heterocycles. The predicted molar refractivity (Wildman–Crippen MR) is 83.8 cm³/mol. The van der Waals surface area contributed by atoms with Gasteiger partial charge in [0, 0.05) is 13.1 Å². The Balaban J connectivity index is 1.49. The minimum atomic E-state index is -0.440. The number of rotatable bonds is 9. The van der Waals surface area contributed by atoms with Crippen molar-refractivity contribution in [2.45, 2.75) is 44.8 Å². The number of aliphatic hydroxyl groups excluding tert-OH is 1. The fraction of sp³-hybridized carbons (Fsp3) is 0.647. The Morgan fingerprint density at radius 1 is 1.33 bits per heavy atom. The van der Waals surface area contributed by atoms with Gasteiger partial charge in [-0.1, -0.05) is 25.0 Å². The zero-order chi connectivity index (χ0) is 14.9. The average molecular weight is 293 g/mol. The molecule has 118 valence electrons. The number of hydrogen-bond acceptors (Lipinski definition) is 4. The molecule has 2 N–H and O–H groups in total. The summed E-state index contributed by atoms with van der Waals surface area (Å²) in [6.45, 7) is 4.33. The van der Waals surface area contributed by atoms with Gasteiger partial charge in [-0.15, -0.1) is 0 Å². The smallest absolute Gasteiger partial charge is 0.119 e. The SMILES string of the molecule is Cc1cccc(OCCNCC(O)COC2CCCC2)c1. The quantitative estimate of drug-likeness (QED) is 0.686. The highest BCUT2D eigenvalue weighted by Crippen LogP contribution is 2.20. The molecule has 21 heavy (non-hydrogen) atoms. The minimum Gasteiger partial charge on any atom is -0.492 e. The van der Waals surface area contributed by atoms with Crippen LogP contribution < -0.4 is 10.1 Å². The lowest BCUT2D eigenvalue weighted by atomic mass is 10.2. The van der Waals surface area contributed by atoms with Crippen molar-refractivity contribution >= 4 is 0 Å². The van der Waals surface area contributed by atoms with E-state index in [0.717, 1.165) is 18.6 Å². The summed E-state index contributed by atoms with van der Waals surface area (Å²) in [6.07, 6.45) is 4.73. The van der Waals surface area contributed by atoms with Crippen LogP contribution in [0.2, 0.25) is 0 Å². The Labute approximate surface area is 127 Å². The normalized spacial score (nSPS) is 17.0. The van der Waals surface area contributed by atoms with Gasteiger partial charge < -0.3 is 19.9 Å². The van der Waals surface area contributed by atoms with Crippen LogP contribution in [0.3, 0.4) is 0 Å². The Kier molecular flexibility index (Phi) is 7.00. The minimum absolute atomic E-state index is 0.365. The number of aryl methyl sites for hydroxylation is 1. The van der Waals surface area contributed by atoms with Gasteiger partial charge in [0.1, 0.15) is 12.4 Å². The van der Waals surface area contributed by atoms with Gasteiger partial charge in [0.15, 0.2) is 0 Å². The van der Waals surface area contributed by atoms with Crippen molar-refractivity contribution in [3.05, 3.63) is 29.8 Å². The summed E-state index contributed by atoms with van der Waals surface area (Å²) < 4.78 is 11.3. The lowest BCUT2D eigenvalue weighted by molar-refractivity contribution is -0.00552. The third-order valence-electron chi connectivity index (χ3n) is 3.74. The van der Waals surface area contributed by atoms with Crippen LogP contribution in [0.4, 0.5) is 0 Å². The molecule has 1 unspecified atom stereocenters. The molecule has 0 heterocycles. The van der Waals surface area contributed by atoms with Gasteiger partial charge in [0.2, 0.25) is 0 Å². The maximum atomic E-state index is 9.83.